The SMILES string of the molecule is O=CCCCCCCCCCCl.OCCCCCCCCCCCl. The Labute approximate surface area is 160 Å². The quantitative estimate of drug-likeness (QED) is 0.159. The molecule has 0 fully saturated rings. The second-order valence-corrected chi connectivity index (χ2v) is 7.12. The summed E-state index contributed by atoms with van der Waals surface area (Å²) in [7, 11) is 0. The van der Waals surface area contributed by atoms with Gasteiger partial charge in [0.1, 0.15) is 6.29 Å². The molecule has 0 rings (SSSR count). The van der Waals surface area contributed by atoms with Crippen molar-refractivity contribution in [1.29, 1.82) is 0 Å². The largest absolute Gasteiger partial charge is 0.396 e. The van der Waals surface area contributed by atoms with Crippen molar-refractivity contribution in [3.05, 3.63) is 0 Å². The molecule has 4 heteroatoms. The average molecular weight is 383 g/mol. The molecule has 0 atom stereocenters. The van der Waals surface area contributed by atoms with Crippen LogP contribution in [0.4, 0.5) is 0 Å². The highest BCUT2D eigenvalue weighted by molar-refractivity contribution is 6.18. The summed E-state index contributed by atoms with van der Waals surface area (Å²) in [6.07, 6.45) is 20.2. The van der Waals surface area contributed by atoms with Gasteiger partial charge in [0.15, 0.2) is 0 Å². The average Bonchev–Trinajstić information content (AvgIpc) is 2.60. The first-order valence-corrected chi connectivity index (χ1v) is 11.1. The van der Waals surface area contributed by atoms with Crippen LogP contribution in [-0.4, -0.2) is 29.8 Å². The molecule has 0 radical (unpaired) electrons. The Hall–Kier alpha value is 0.210. The van der Waals surface area contributed by atoms with Crippen LogP contribution in [0.25, 0.3) is 0 Å². The Bertz CT molecular complexity index is 204. The summed E-state index contributed by atoms with van der Waals surface area (Å²) in [5.41, 5.74) is 0. The van der Waals surface area contributed by atoms with Crippen molar-refractivity contribution < 1.29 is 9.90 Å². The minimum atomic E-state index is 0.353. The highest BCUT2D eigenvalue weighted by Crippen LogP contribution is 2.09. The van der Waals surface area contributed by atoms with Crippen molar-refractivity contribution in [2.75, 3.05) is 18.4 Å². The molecule has 0 aliphatic carbocycles. The molecule has 0 heterocycles. The fourth-order valence-electron chi connectivity index (χ4n) is 2.47. The van der Waals surface area contributed by atoms with Gasteiger partial charge < -0.3 is 9.90 Å². The molecule has 0 aromatic rings. The van der Waals surface area contributed by atoms with Crippen molar-refractivity contribution in [2.45, 2.75) is 103 Å². The van der Waals surface area contributed by atoms with Crippen LogP contribution in [-0.2, 0) is 4.79 Å². The molecule has 0 aromatic heterocycles. The number of aliphatic hydroxyl groups excluding tert-OH is 1. The minimum Gasteiger partial charge on any atom is -0.396 e. The zero-order valence-electron chi connectivity index (χ0n) is 15.6. The van der Waals surface area contributed by atoms with Crippen LogP contribution in [0.2, 0.25) is 0 Å². The predicted octanol–water partition coefficient (Wildman–Crippen LogP) is 6.88. The van der Waals surface area contributed by atoms with Gasteiger partial charge in [0.05, 0.1) is 0 Å². The van der Waals surface area contributed by atoms with Crippen LogP contribution in [0.1, 0.15) is 103 Å². The monoisotopic (exact) mass is 382 g/mol. The number of aldehydes is 1. The van der Waals surface area contributed by atoms with E-state index in [1.165, 1.54) is 70.6 Å². The highest BCUT2D eigenvalue weighted by atomic mass is 35.5. The van der Waals surface area contributed by atoms with E-state index >= 15 is 0 Å². The number of carbonyl (C=O) groups is 1. The minimum absolute atomic E-state index is 0.353. The molecule has 2 nitrogen and oxygen atoms in total. The van der Waals surface area contributed by atoms with Gasteiger partial charge in [-0.15, -0.1) is 23.2 Å². The fourth-order valence-corrected chi connectivity index (χ4v) is 2.85. The molecular formula is C20H40Cl2O2. The maximum absolute atomic E-state index is 9.96. The number of carbonyl (C=O) groups excluding carboxylic acids is 1. The van der Waals surface area contributed by atoms with Crippen LogP contribution in [0.3, 0.4) is 0 Å². The summed E-state index contributed by atoms with van der Waals surface area (Å²) in [6.45, 7) is 0.353. The third-order valence-corrected chi connectivity index (χ3v) is 4.53. The van der Waals surface area contributed by atoms with Crippen LogP contribution in [0, 0.1) is 0 Å². The molecule has 0 aliphatic heterocycles. The topological polar surface area (TPSA) is 37.3 Å². The lowest BCUT2D eigenvalue weighted by molar-refractivity contribution is -0.107. The number of alkyl halides is 2. The summed E-state index contributed by atoms with van der Waals surface area (Å²) >= 11 is 11.1. The molecule has 0 aromatic carbocycles. The first-order valence-electron chi connectivity index (χ1n) is 9.99. The van der Waals surface area contributed by atoms with Crippen molar-refractivity contribution in [2.24, 2.45) is 0 Å². The molecular weight excluding hydrogens is 343 g/mol. The molecule has 0 bridgehead atoms. The Kier molecular flexibility index (Phi) is 30.9. The zero-order valence-corrected chi connectivity index (χ0v) is 17.1. The summed E-state index contributed by atoms with van der Waals surface area (Å²) in [5.74, 6) is 1.61. The van der Waals surface area contributed by atoms with E-state index < -0.39 is 0 Å². The van der Waals surface area contributed by atoms with Gasteiger partial charge in [-0.3, -0.25) is 0 Å². The number of hydrogen-bond donors (Lipinski definition) is 1. The third kappa shape index (κ3) is 30.1. The summed E-state index contributed by atoms with van der Waals surface area (Å²) in [5, 5.41) is 8.52. The van der Waals surface area contributed by atoms with E-state index in [1.54, 1.807) is 0 Å². The molecule has 24 heavy (non-hydrogen) atoms. The van der Waals surface area contributed by atoms with E-state index in [1.807, 2.05) is 0 Å². The second kappa shape index (κ2) is 28.0. The number of aliphatic hydroxyl groups is 1. The maximum Gasteiger partial charge on any atom is 0.119 e. The lowest BCUT2D eigenvalue weighted by Crippen LogP contribution is -1.84. The molecule has 0 aliphatic rings. The van der Waals surface area contributed by atoms with Crippen LogP contribution < -0.4 is 0 Å². The standard InChI is InChI=1S/C10H21ClO.C10H19ClO/c2*11-9-7-5-3-1-2-4-6-8-10-12/h12H,1-10H2;10H,1-9H2. The normalized spacial score (nSPS) is 10.3. The molecule has 146 valence electrons. The van der Waals surface area contributed by atoms with Crippen molar-refractivity contribution >= 4 is 29.5 Å². The molecule has 0 saturated heterocycles. The first-order chi connectivity index (χ1) is 11.8. The van der Waals surface area contributed by atoms with Crippen molar-refractivity contribution in [1.82, 2.24) is 0 Å². The number of hydrogen-bond acceptors (Lipinski definition) is 2. The van der Waals surface area contributed by atoms with Gasteiger partial charge in [0.2, 0.25) is 0 Å². The highest BCUT2D eigenvalue weighted by Gasteiger charge is 1.91. The lowest BCUT2D eigenvalue weighted by atomic mass is 10.1. The second-order valence-electron chi connectivity index (χ2n) is 6.36. The Morgan fingerprint density at radius 2 is 0.875 bits per heavy atom. The zero-order chi connectivity index (χ0) is 18.1. The van der Waals surface area contributed by atoms with Crippen molar-refractivity contribution in [3.8, 4) is 0 Å². The molecule has 0 amide bonds. The van der Waals surface area contributed by atoms with Crippen LogP contribution in [0.5, 0.6) is 0 Å². The molecule has 0 spiro atoms. The summed E-state index contributed by atoms with van der Waals surface area (Å²) in [4.78, 5) is 9.96. The van der Waals surface area contributed by atoms with Gasteiger partial charge >= 0.3 is 0 Å². The van der Waals surface area contributed by atoms with E-state index in [0.717, 1.165) is 50.2 Å². The number of rotatable bonds is 18. The van der Waals surface area contributed by atoms with Gasteiger partial charge in [0.25, 0.3) is 0 Å². The predicted molar refractivity (Wildman–Crippen MR) is 108 cm³/mol. The third-order valence-electron chi connectivity index (χ3n) is 4.00. The Balaban J connectivity index is 0. The van der Waals surface area contributed by atoms with Gasteiger partial charge in [-0.2, -0.15) is 0 Å². The van der Waals surface area contributed by atoms with E-state index in [9.17, 15) is 4.79 Å². The van der Waals surface area contributed by atoms with Crippen LogP contribution >= 0.6 is 23.2 Å². The van der Waals surface area contributed by atoms with Crippen LogP contribution in [0.15, 0.2) is 0 Å². The smallest absolute Gasteiger partial charge is 0.119 e. The van der Waals surface area contributed by atoms with E-state index in [4.69, 9.17) is 28.3 Å². The number of unbranched alkanes of at least 4 members (excludes halogenated alkanes) is 14. The summed E-state index contributed by atoms with van der Waals surface area (Å²) in [6, 6.07) is 0. The molecule has 0 unspecified atom stereocenters. The Morgan fingerprint density at radius 1 is 0.542 bits per heavy atom. The molecule has 0 saturated carbocycles. The summed E-state index contributed by atoms with van der Waals surface area (Å²) < 4.78 is 0. The fraction of sp³-hybridized carbons (Fsp3) is 0.950. The van der Waals surface area contributed by atoms with Gasteiger partial charge in [-0.1, -0.05) is 70.6 Å². The molecule has 1 N–H and O–H groups in total. The van der Waals surface area contributed by atoms with Gasteiger partial charge in [0, 0.05) is 24.8 Å². The van der Waals surface area contributed by atoms with Gasteiger partial charge in [-0.25, -0.2) is 0 Å². The lowest BCUT2D eigenvalue weighted by Gasteiger charge is -1.99. The van der Waals surface area contributed by atoms with E-state index in [0.29, 0.717) is 6.61 Å². The van der Waals surface area contributed by atoms with E-state index in [-0.39, 0.29) is 0 Å². The number of halogens is 2. The van der Waals surface area contributed by atoms with Gasteiger partial charge in [-0.05, 0) is 25.7 Å². The van der Waals surface area contributed by atoms with E-state index in [2.05, 4.69) is 0 Å². The maximum atomic E-state index is 9.96. The van der Waals surface area contributed by atoms with Crippen molar-refractivity contribution in [3.63, 3.8) is 0 Å². The Morgan fingerprint density at radius 3 is 1.21 bits per heavy atom. The first kappa shape index (κ1) is 26.4.